The molecule has 2 aromatic heterocycles. The predicted octanol–water partition coefficient (Wildman–Crippen LogP) is 2.03. The molecule has 1 amide bonds. The second kappa shape index (κ2) is 8.23. The molecule has 0 fully saturated rings. The zero-order chi connectivity index (χ0) is 18.5. The van der Waals surface area contributed by atoms with Gasteiger partial charge in [-0.05, 0) is 40.9 Å². The van der Waals surface area contributed by atoms with E-state index in [1.807, 2.05) is 22.6 Å². The number of aromatic amines is 1. The standard InChI is InChI=1S/C15H13FIN7OS/c16-10-4-2-1-3-9(10)8-24-6-5-12(23-24)19-15(26)22-21-14(25)13-11(17)7-18-20-13/h1-7H,8H2,(H,18,20)(H,21,25)(H2,19,22,23,26). The lowest BCUT2D eigenvalue weighted by molar-refractivity contribution is 0.0938. The molecule has 26 heavy (non-hydrogen) atoms. The number of hydrogen-bond acceptors (Lipinski definition) is 4. The minimum absolute atomic E-state index is 0.156. The van der Waals surface area contributed by atoms with E-state index in [1.54, 1.807) is 35.1 Å². The summed E-state index contributed by atoms with van der Waals surface area (Å²) in [6, 6.07) is 8.19. The quantitative estimate of drug-likeness (QED) is 0.257. The van der Waals surface area contributed by atoms with Gasteiger partial charge in [-0.15, -0.1) is 0 Å². The van der Waals surface area contributed by atoms with E-state index >= 15 is 0 Å². The fourth-order valence-corrected chi connectivity index (χ4v) is 2.73. The van der Waals surface area contributed by atoms with Crippen LogP contribution in [0.15, 0.2) is 42.7 Å². The molecule has 11 heteroatoms. The lowest BCUT2D eigenvalue weighted by atomic mass is 10.2. The maximum atomic E-state index is 13.7. The summed E-state index contributed by atoms with van der Waals surface area (Å²) >= 11 is 7.09. The molecule has 0 atom stereocenters. The first-order chi connectivity index (χ1) is 12.5. The van der Waals surface area contributed by atoms with Gasteiger partial charge in [0.2, 0.25) is 0 Å². The number of rotatable bonds is 4. The van der Waals surface area contributed by atoms with E-state index < -0.39 is 5.91 Å². The highest BCUT2D eigenvalue weighted by atomic mass is 127. The molecule has 8 nitrogen and oxygen atoms in total. The van der Waals surface area contributed by atoms with Gasteiger partial charge in [0, 0.05) is 17.8 Å². The van der Waals surface area contributed by atoms with Crippen LogP contribution in [0.5, 0.6) is 0 Å². The topological polar surface area (TPSA) is 99.7 Å². The Kier molecular flexibility index (Phi) is 5.78. The summed E-state index contributed by atoms with van der Waals surface area (Å²) in [6.45, 7) is 0.295. The van der Waals surface area contributed by atoms with Gasteiger partial charge in [0.25, 0.3) is 5.91 Å². The van der Waals surface area contributed by atoms with E-state index in [0.717, 1.165) is 0 Å². The summed E-state index contributed by atoms with van der Waals surface area (Å²) in [5.74, 6) is -0.226. The van der Waals surface area contributed by atoms with Crippen molar-refractivity contribution in [2.75, 3.05) is 5.32 Å². The normalized spacial score (nSPS) is 10.4. The highest BCUT2D eigenvalue weighted by Gasteiger charge is 2.12. The van der Waals surface area contributed by atoms with Crippen molar-refractivity contribution in [1.29, 1.82) is 0 Å². The highest BCUT2D eigenvalue weighted by Crippen LogP contribution is 2.10. The number of nitrogens with one attached hydrogen (secondary N) is 4. The third-order valence-electron chi connectivity index (χ3n) is 3.28. The van der Waals surface area contributed by atoms with Crippen LogP contribution in [0.3, 0.4) is 0 Å². The van der Waals surface area contributed by atoms with Crippen molar-refractivity contribution in [2.24, 2.45) is 0 Å². The summed E-state index contributed by atoms with van der Waals surface area (Å²) in [7, 11) is 0. The average molecular weight is 485 g/mol. The maximum absolute atomic E-state index is 13.7. The summed E-state index contributed by atoms with van der Waals surface area (Å²) in [5, 5.41) is 13.6. The minimum Gasteiger partial charge on any atom is -0.315 e. The first-order valence-electron chi connectivity index (χ1n) is 7.36. The van der Waals surface area contributed by atoms with E-state index in [-0.39, 0.29) is 10.9 Å². The van der Waals surface area contributed by atoms with Crippen LogP contribution in [0, 0.1) is 9.39 Å². The van der Waals surface area contributed by atoms with Crippen molar-refractivity contribution in [3.63, 3.8) is 0 Å². The van der Waals surface area contributed by atoms with Crippen molar-refractivity contribution in [2.45, 2.75) is 6.54 Å². The zero-order valence-corrected chi connectivity index (χ0v) is 16.1. The molecule has 0 aliphatic rings. The van der Waals surface area contributed by atoms with Crippen LogP contribution >= 0.6 is 34.8 Å². The van der Waals surface area contributed by atoms with Crippen LogP contribution in [0.2, 0.25) is 0 Å². The summed E-state index contributed by atoms with van der Waals surface area (Å²) in [6.07, 6.45) is 3.23. The third-order valence-corrected chi connectivity index (χ3v) is 4.30. The lowest BCUT2D eigenvalue weighted by Crippen LogP contribution is -2.44. The summed E-state index contributed by atoms with van der Waals surface area (Å²) in [4.78, 5) is 11.9. The van der Waals surface area contributed by atoms with Crippen molar-refractivity contribution in [3.8, 4) is 0 Å². The van der Waals surface area contributed by atoms with Gasteiger partial charge >= 0.3 is 0 Å². The Morgan fingerprint density at radius 2 is 2.12 bits per heavy atom. The first kappa shape index (κ1) is 18.3. The molecule has 0 aliphatic carbocycles. The molecule has 0 radical (unpaired) electrons. The molecule has 1 aromatic carbocycles. The largest absolute Gasteiger partial charge is 0.315 e. The molecule has 0 saturated heterocycles. The van der Waals surface area contributed by atoms with Gasteiger partial charge in [0.1, 0.15) is 11.5 Å². The van der Waals surface area contributed by atoms with Gasteiger partial charge in [-0.2, -0.15) is 10.2 Å². The third kappa shape index (κ3) is 4.54. The number of nitrogens with zero attached hydrogens (tertiary/aromatic N) is 3. The predicted molar refractivity (Wildman–Crippen MR) is 106 cm³/mol. The number of thiocarbonyl (C=S) groups is 1. The second-order valence-corrected chi connectivity index (χ2v) is 6.69. The average Bonchev–Trinajstić information content (AvgIpc) is 3.24. The SMILES string of the molecule is O=C(NNC(=S)Nc1ccn(Cc2ccccc2F)n1)c1[nH]ncc1I. The molecule has 3 rings (SSSR count). The van der Waals surface area contributed by atoms with E-state index in [9.17, 15) is 9.18 Å². The number of benzene rings is 1. The Morgan fingerprint density at radius 3 is 2.85 bits per heavy atom. The zero-order valence-electron chi connectivity index (χ0n) is 13.2. The molecule has 0 unspecified atom stereocenters. The van der Waals surface area contributed by atoms with Gasteiger partial charge in [-0.3, -0.25) is 25.4 Å². The number of halogens is 2. The number of amides is 1. The lowest BCUT2D eigenvalue weighted by Gasteiger charge is -2.09. The van der Waals surface area contributed by atoms with E-state index in [0.29, 0.717) is 27.2 Å². The molecular weight excluding hydrogens is 472 g/mol. The Hall–Kier alpha value is -2.54. The molecule has 4 N–H and O–H groups in total. The fraction of sp³-hybridized carbons (Fsp3) is 0.0667. The molecule has 3 aromatic rings. The molecule has 0 saturated carbocycles. The fourth-order valence-electron chi connectivity index (χ4n) is 2.07. The van der Waals surface area contributed by atoms with Crippen LogP contribution in [-0.4, -0.2) is 31.0 Å². The second-order valence-electron chi connectivity index (χ2n) is 5.12. The molecule has 2 heterocycles. The number of carbonyl (C=O) groups excluding carboxylic acids is 1. The maximum Gasteiger partial charge on any atom is 0.288 e. The number of aromatic nitrogens is 4. The van der Waals surface area contributed by atoms with Crippen molar-refractivity contribution in [3.05, 3.63) is 63.4 Å². The van der Waals surface area contributed by atoms with Crippen molar-refractivity contribution >= 4 is 51.6 Å². The van der Waals surface area contributed by atoms with Crippen LogP contribution in [0.4, 0.5) is 10.2 Å². The highest BCUT2D eigenvalue weighted by molar-refractivity contribution is 14.1. The van der Waals surface area contributed by atoms with E-state index in [2.05, 4.69) is 31.5 Å². The Bertz CT molecular complexity index is 941. The molecule has 0 bridgehead atoms. The number of hydrogen-bond donors (Lipinski definition) is 4. The number of H-pyrrole nitrogens is 1. The van der Waals surface area contributed by atoms with Crippen LogP contribution < -0.4 is 16.2 Å². The van der Waals surface area contributed by atoms with Gasteiger partial charge in [0.05, 0.1) is 16.3 Å². The Morgan fingerprint density at radius 1 is 1.31 bits per heavy atom. The van der Waals surface area contributed by atoms with Crippen molar-refractivity contribution < 1.29 is 9.18 Å². The molecule has 134 valence electrons. The van der Waals surface area contributed by atoms with E-state index in [4.69, 9.17) is 12.2 Å². The van der Waals surface area contributed by atoms with Gasteiger partial charge in [-0.1, -0.05) is 18.2 Å². The summed E-state index contributed by atoms with van der Waals surface area (Å²) < 4.78 is 15.9. The van der Waals surface area contributed by atoms with E-state index in [1.165, 1.54) is 12.3 Å². The summed E-state index contributed by atoms with van der Waals surface area (Å²) in [5.41, 5.74) is 5.88. The van der Waals surface area contributed by atoms with Gasteiger partial charge in [-0.25, -0.2) is 4.39 Å². The number of hydrazine groups is 1. The minimum atomic E-state index is -0.402. The van der Waals surface area contributed by atoms with Crippen LogP contribution in [-0.2, 0) is 6.54 Å². The van der Waals surface area contributed by atoms with Gasteiger partial charge in [0.15, 0.2) is 10.9 Å². The van der Waals surface area contributed by atoms with Gasteiger partial charge < -0.3 is 5.32 Å². The Balaban J connectivity index is 1.52. The molecule has 0 spiro atoms. The van der Waals surface area contributed by atoms with Crippen molar-refractivity contribution in [1.82, 2.24) is 30.8 Å². The molecule has 0 aliphatic heterocycles. The number of carbonyl (C=O) groups is 1. The van der Waals surface area contributed by atoms with Crippen LogP contribution in [0.25, 0.3) is 0 Å². The smallest absolute Gasteiger partial charge is 0.288 e. The Labute approximate surface area is 166 Å². The number of anilines is 1. The molecular formula is C15H13FIN7OS. The first-order valence-corrected chi connectivity index (χ1v) is 8.84. The van der Waals surface area contributed by atoms with Crippen LogP contribution in [0.1, 0.15) is 16.1 Å². The monoisotopic (exact) mass is 485 g/mol.